The third kappa shape index (κ3) is 4.41. The zero-order valence-electron chi connectivity index (χ0n) is 9.31. The van der Waals surface area contributed by atoms with Crippen molar-refractivity contribution in [1.82, 2.24) is 9.97 Å². The fraction of sp³-hybridized carbons (Fsp3) is 0.556. The van der Waals surface area contributed by atoms with Gasteiger partial charge < -0.3 is 4.74 Å². The highest BCUT2D eigenvalue weighted by molar-refractivity contribution is 6.16. The Kier molecular flexibility index (Phi) is 4.49. The van der Waals surface area contributed by atoms with E-state index in [4.69, 9.17) is 11.6 Å². The van der Waals surface area contributed by atoms with Gasteiger partial charge in [-0.1, -0.05) is 0 Å². The number of hydrogen-bond donors (Lipinski definition) is 0. The maximum Gasteiger partial charge on any atom is 0.434 e. The molecule has 0 aliphatic heterocycles. The van der Waals surface area contributed by atoms with Crippen molar-refractivity contribution in [2.45, 2.75) is 31.3 Å². The van der Waals surface area contributed by atoms with Gasteiger partial charge >= 0.3 is 18.4 Å². The van der Waals surface area contributed by atoms with Crippen LogP contribution in [-0.2, 0) is 5.88 Å². The summed E-state index contributed by atoms with van der Waals surface area (Å²) in [7, 11) is 0. The first-order valence-electron chi connectivity index (χ1n) is 4.74. The number of rotatable bonds is 3. The van der Waals surface area contributed by atoms with Gasteiger partial charge in [0.2, 0.25) is 0 Å². The second-order valence-electron chi connectivity index (χ2n) is 3.50. The van der Waals surface area contributed by atoms with Crippen molar-refractivity contribution in [2.24, 2.45) is 0 Å². The molecule has 0 N–H and O–H groups in total. The molecule has 19 heavy (non-hydrogen) atoms. The van der Waals surface area contributed by atoms with Crippen LogP contribution < -0.4 is 4.74 Å². The summed E-state index contributed by atoms with van der Waals surface area (Å²) >= 11 is 5.40. The van der Waals surface area contributed by atoms with Crippen LogP contribution in [0.2, 0.25) is 0 Å². The molecule has 1 aromatic heterocycles. The van der Waals surface area contributed by atoms with Crippen LogP contribution in [0.1, 0.15) is 11.4 Å². The average Bonchev–Trinajstić information content (AvgIpc) is 2.22. The van der Waals surface area contributed by atoms with Crippen LogP contribution >= 0.6 is 11.6 Å². The van der Waals surface area contributed by atoms with Crippen molar-refractivity contribution in [3.05, 3.63) is 17.5 Å². The predicted molar refractivity (Wildman–Crippen MR) is 52.9 cm³/mol. The molecule has 0 saturated carbocycles. The highest BCUT2D eigenvalue weighted by atomic mass is 35.5. The van der Waals surface area contributed by atoms with E-state index in [-0.39, 0.29) is 17.3 Å². The first-order chi connectivity index (χ1) is 8.54. The van der Waals surface area contributed by atoms with Crippen molar-refractivity contribution >= 4 is 11.6 Å². The molecule has 0 aliphatic rings. The molecule has 3 nitrogen and oxygen atoms in total. The molecule has 0 spiro atoms. The molecule has 0 fully saturated rings. The molecule has 0 radical (unpaired) electrons. The fourth-order valence-electron chi connectivity index (χ4n) is 1.15. The summed E-state index contributed by atoms with van der Waals surface area (Å²) in [5, 5.41) is 0. The maximum atomic E-state index is 12.3. The third-order valence-electron chi connectivity index (χ3n) is 1.84. The van der Waals surface area contributed by atoms with E-state index in [0.717, 1.165) is 0 Å². The van der Waals surface area contributed by atoms with E-state index in [9.17, 15) is 26.3 Å². The monoisotopic (exact) mass is 308 g/mol. The van der Waals surface area contributed by atoms with Crippen LogP contribution in [0.3, 0.4) is 0 Å². The zero-order chi connectivity index (χ0) is 14.8. The van der Waals surface area contributed by atoms with E-state index in [1.807, 2.05) is 0 Å². The SMILES string of the molecule is Cc1cc(CCl)nc(OC(C(F)(F)F)C(F)(F)F)n1. The molecule has 0 unspecified atom stereocenters. The lowest BCUT2D eigenvalue weighted by molar-refractivity contribution is -0.301. The van der Waals surface area contributed by atoms with Crippen LogP contribution in [-0.4, -0.2) is 28.4 Å². The van der Waals surface area contributed by atoms with Gasteiger partial charge in [-0.05, 0) is 13.0 Å². The van der Waals surface area contributed by atoms with Crippen LogP contribution in [0.25, 0.3) is 0 Å². The Labute approximate surface area is 108 Å². The number of aromatic nitrogens is 2. The molecule has 0 amide bonds. The summed E-state index contributed by atoms with van der Waals surface area (Å²) in [6.45, 7) is 1.36. The van der Waals surface area contributed by atoms with E-state index in [1.165, 1.54) is 13.0 Å². The molecular weight excluding hydrogens is 302 g/mol. The lowest BCUT2D eigenvalue weighted by atomic mass is 10.3. The Morgan fingerprint density at radius 2 is 1.68 bits per heavy atom. The Morgan fingerprint density at radius 1 is 1.16 bits per heavy atom. The van der Waals surface area contributed by atoms with Crippen molar-refractivity contribution in [1.29, 1.82) is 0 Å². The van der Waals surface area contributed by atoms with Gasteiger partial charge in [-0.3, -0.25) is 0 Å². The molecule has 10 heteroatoms. The third-order valence-corrected chi connectivity index (χ3v) is 2.12. The van der Waals surface area contributed by atoms with Crippen LogP contribution in [0.15, 0.2) is 6.07 Å². The van der Waals surface area contributed by atoms with Gasteiger partial charge in [-0.15, -0.1) is 11.6 Å². The molecule has 0 aromatic carbocycles. The zero-order valence-corrected chi connectivity index (χ0v) is 10.1. The van der Waals surface area contributed by atoms with Gasteiger partial charge in [0, 0.05) is 5.69 Å². The minimum absolute atomic E-state index is 0.0623. The minimum Gasteiger partial charge on any atom is -0.441 e. The molecule has 108 valence electrons. The Balaban J connectivity index is 3.07. The van der Waals surface area contributed by atoms with E-state index < -0.39 is 24.5 Å². The maximum absolute atomic E-state index is 12.3. The van der Waals surface area contributed by atoms with Gasteiger partial charge in [-0.2, -0.15) is 31.3 Å². The number of nitrogens with zero attached hydrogens (tertiary/aromatic N) is 2. The molecule has 0 saturated heterocycles. The minimum atomic E-state index is -5.62. The van der Waals surface area contributed by atoms with Crippen molar-refractivity contribution < 1.29 is 31.1 Å². The predicted octanol–water partition coefficient (Wildman–Crippen LogP) is 3.40. The van der Waals surface area contributed by atoms with Crippen molar-refractivity contribution in [2.75, 3.05) is 0 Å². The summed E-state index contributed by atoms with van der Waals surface area (Å²) in [6.07, 6.45) is -15.2. The highest BCUT2D eigenvalue weighted by Gasteiger charge is 2.59. The normalized spacial score (nSPS) is 12.9. The van der Waals surface area contributed by atoms with Gasteiger partial charge in [0.1, 0.15) is 0 Å². The standard InChI is InChI=1S/C9H7ClF6N2O/c1-4-2-5(3-10)18-7(17-4)19-6(8(11,12)13)9(14,15)16/h2,6H,3H2,1H3. The lowest BCUT2D eigenvalue weighted by Crippen LogP contribution is -2.46. The van der Waals surface area contributed by atoms with Crippen molar-refractivity contribution in [3.8, 4) is 6.01 Å². The topological polar surface area (TPSA) is 35.0 Å². The lowest BCUT2D eigenvalue weighted by Gasteiger charge is -2.22. The summed E-state index contributed by atoms with van der Waals surface area (Å²) in [4.78, 5) is 6.71. The highest BCUT2D eigenvalue weighted by Crippen LogP contribution is 2.35. The van der Waals surface area contributed by atoms with Gasteiger partial charge in [-0.25, -0.2) is 4.98 Å². The molecule has 0 aliphatic carbocycles. The van der Waals surface area contributed by atoms with Crippen LogP contribution in [0, 0.1) is 6.92 Å². The Bertz CT molecular complexity index is 433. The smallest absolute Gasteiger partial charge is 0.434 e. The van der Waals surface area contributed by atoms with Crippen molar-refractivity contribution in [3.63, 3.8) is 0 Å². The second-order valence-corrected chi connectivity index (χ2v) is 3.77. The van der Waals surface area contributed by atoms with Crippen LogP contribution in [0.5, 0.6) is 6.01 Å². The number of ether oxygens (including phenoxy) is 1. The molecule has 1 rings (SSSR count). The van der Waals surface area contributed by atoms with Gasteiger partial charge in [0.15, 0.2) is 0 Å². The second kappa shape index (κ2) is 5.40. The summed E-state index contributed by atoms with van der Waals surface area (Å²) in [5.41, 5.74) is 0.205. The summed E-state index contributed by atoms with van der Waals surface area (Å²) < 4.78 is 77.4. The molecule has 0 bridgehead atoms. The first-order valence-corrected chi connectivity index (χ1v) is 5.28. The van der Waals surface area contributed by atoms with Gasteiger partial charge in [0.05, 0.1) is 11.6 Å². The van der Waals surface area contributed by atoms with E-state index >= 15 is 0 Å². The average molecular weight is 309 g/mol. The number of aryl methyl sites for hydroxylation is 1. The van der Waals surface area contributed by atoms with E-state index in [0.29, 0.717) is 0 Å². The fourth-order valence-corrected chi connectivity index (χ4v) is 1.29. The quantitative estimate of drug-likeness (QED) is 0.634. The Hall–Kier alpha value is -1.25. The largest absolute Gasteiger partial charge is 0.441 e. The molecule has 1 heterocycles. The molecule has 1 aromatic rings. The molecule has 0 atom stereocenters. The number of hydrogen-bond acceptors (Lipinski definition) is 3. The summed E-state index contributed by atoms with van der Waals surface area (Å²) in [6, 6.07) is 0.297. The van der Waals surface area contributed by atoms with E-state index in [1.54, 1.807) is 0 Å². The van der Waals surface area contributed by atoms with Crippen LogP contribution in [0.4, 0.5) is 26.3 Å². The number of halogens is 7. The Morgan fingerprint density at radius 3 is 2.11 bits per heavy atom. The van der Waals surface area contributed by atoms with E-state index in [2.05, 4.69) is 14.7 Å². The summed E-state index contributed by atoms with van der Waals surface area (Å²) in [5.74, 6) is -0.192. The molecular formula is C9H7ClF6N2O. The first kappa shape index (κ1) is 15.8. The van der Waals surface area contributed by atoms with Gasteiger partial charge in [0.25, 0.3) is 6.10 Å². The number of alkyl halides is 7.